The first-order chi connectivity index (χ1) is 8.58. The van der Waals surface area contributed by atoms with Crippen molar-refractivity contribution < 1.29 is 4.79 Å². The van der Waals surface area contributed by atoms with E-state index >= 15 is 0 Å². The van der Waals surface area contributed by atoms with E-state index in [0.717, 1.165) is 11.4 Å². The molecule has 0 aliphatic carbocycles. The van der Waals surface area contributed by atoms with Gasteiger partial charge in [-0.15, -0.1) is 0 Å². The number of carbonyl (C=O) groups is 1. The Labute approximate surface area is 106 Å². The van der Waals surface area contributed by atoms with Crippen LogP contribution in [0.2, 0.25) is 0 Å². The van der Waals surface area contributed by atoms with Crippen molar-refractivity contribution in [2.45, 2.75) is 0 Å². The van der Waals surface area contributed by atoms with Crippen molar-refractivity contribution >= 4 is 17.3 Å². The second-order valence-corrected chi connectivity index (χ2v) is 4.29. The molecule has 0 fully saturated rings. The molecule has 2 rings (SSSR count). The Balaban J connectivity index is 2.10. The quantitative estimate of drug-likeness (QED) is 0.894. The first-order valence-electron chi connectivity index (χ1n) is 5.63. The number of anilines is 2. The summed E-state index contributed by atoms with van der Waals surface area (Å²) in [6.07, 6.45) is 3.15. The fourth-order valence-corrected chi connectivity index (χ4v) is 1.61. The summed E-state index contributed by atoms with van der Waals surface area (Å²) >= 11 is 0. The Morgan fingerprint density at radius 2 is 1.94 bits per heavy atom. The molecule has 0 spiro atoms. The summed E-state index contributed by atoms with van der Waals surface area (Å²) in [5, 5.41) is 2.83. The monoisotopic (exact) mass is 244 g/mol. The Hall–Kier alpha value is -2.30. The van der Waals surface area contributed by atoms with Crippen molar-refractivity contribution in [2.24, 2.45) is 7.05 Å². The van der Waals surface area contributed by atoms with E-state index in [1.54, 1.807) is 24.1 Å². The van der Waals surface area contributed by atoms with E-state index in [1.807, 2.05) is 43.3 Å². The molecule has 0 bridgehead atoms. The van der Waals surface area contributed by atoms with E-state index in [9.17, 15) is 4.79 Å². The van der Waals surface area contributed by atoms with Crippen LogP contribution in [0, 0.1) is 0 Å². The van der Waals surface area contributed by atoms with Crippen LogP contribution >= 0.6 is 0 Å². The maximum atomic E-state index is 11.9. The number of nitrogens with zero attached hydrogens (tertiary/aromatic N) is 3. The lowest BCUT2D eigenvalue weighted by Crippen LogP contribution is -2.15. The summed E-state index contributed by atoms with van der Waals surface area (Å²) in [5.41, 5.74) is 2.40. The SMILES string of the molecule is CN(C)c1ccc(NC(=O)c2cncn2C)cc1. The van der Waals surface area contributed by atoms with Gasteiger partial charge in [-0.3, -0.25) is 4.79 Å². The number of amides is 1. The average Bonchev–Trinajstić information content (AvgIpc) is 2.76. The number of aryl methyl sites for hydroxylation is 1. The van der Waals surface area contributed by atoms with Crippen LogP contribution in [0.1, 0.15) is 10.5 Å². The molecule has 2 aromatic rings. The van der Waals surface area contributed by atoms with Gasteiger partial charge in [0.25, 0.3) is 5.91 Å². The van der Waals surface area contributed by atoms with Crippen LogP contribution in [0.4, 0.5) is 11.4 Å². The molecule has 1 amide bonds. The van der Waals surface area contributed by atoms with Crippen LogP contribution in [0.15, 0.2) is 36.8 Å². The van der Waals surface area contributed by atoms with Crippen molar-refractivity contribution in [3.8, 4) is 0 Å². The lowest BCUT2D eigenvalue weighted by Gasteiger charge is -2.13. The summed E-state index contributed by atoms with van der Waals surface area (Å²) < 4.78 is 1.68. The zero-order chi connectivity index (χ0) is 13.1. The third kappa shape index (κ3) is 2.51. The molecule has 0 aliphatic heterocycles. The number of nitrogens with one attached hydrogen (secondary N) is 1. The Morgan fingerprint density at radius 3 is 2.44 bits per heavy atom. The molecule has 94 valence electrons. The minimum atomic E-state index is -0.160. The Kier molecular flexibility index (Phi) is 3.32. The van der Waals surface area contributed by atoms with Crippen LogP contribution in [-0.4, -0.2) is 29.6 Å². The predicted octanol–water partition coefficient (Wildman–Crippen LogP) is 1.74. The van der Waals surface area contributed by atoms with Crippen molar-refractivity contribution in [1.29, 1.82) is 0 Å². The van der Waals surface area contributed by atoms with Crippen LogP contribution in [0.3, 0.4) is 0 Å². The van der Waals surface area contributed by atoms with Crippen molar-refractivity contribution in [2.75, 3.05) is 24.3 Å². The lowest BCUT2D eigenvalue weighted by atomic mass is 10.2. The number of aromatic nitrogens is 2. The number of benzene rings is 1. The molecule has 0 radical (unpaired) electrons. The number of rotatable bonds is 3. The van der Waals surface area contributed by atoms with E-state index in [2.05, 4.69) is 10.3 Å². The highest BCUT2D eigenvalue weighted by molar-refractivity contribution is 6.02. The molecule has 5 heteroatoms. The summed E-state index contributed by atoms with van der Waals surface area (Å²) in [6.45, 7) is 0. The van der Waals surface area contributed by atoms with Gasteiger partial charge in [-0.2, -0.15) is 0 Å². The summed E-state index contributed by atoms with van der Waals surface area (Å²) in [5.74, 6) is -0.160. The molecule has 1 N–H and O–H groups in total. The highest BCUT2D eigenvalue weighted by Gasteiger charge is 2.09. The van der Waals surface area contributed by atoms with Gasteiger partial charge in [-0.1, -0.05) is 0 Å². The minimum Gasteiger partial charge on any atom is -0.378 e. The highest BCUT2D eigenvalue weighted by Crippen LogP contribution is 2.16. The second kappa shape index (κ2) is 4.91. The van der Waals surface area contributed by atoms with E-state index in [0.29, 0.717) is 5.69 Å². The Bertz CT molecular complexity index is 542. The van der Waals surface area contributed by atoms with Gasteiger partial charge in [-0.25, -0.2) is 4.98 Å². The molecule has 0 saturated carbocycles. The van der Waals surface area contributed by atoms with Gasteiger partial charge < -0.3 is 14.8 Å². The molecule has 18 heavy (non-hydrogen) atoms. The van der Waals surface area contributed by atoms with Gasteiger partial charge in [-0.05, 0) is 24.3 Å². The molecule has 1 aromatic carbocycles. The maximum absolute atomic E-state index is 11.9. The fourth-order valence-electron chi connectivity index (χ4n) is 1.61. The van der Waals surface area contributed by atoms with Gasteiger partial charge in [0, 0.05) is 32.5 Å². The largest absolute Gasteiger partial charge is 0.378 e. The summed E-state index contributed by atoms with van der Waals surface area (Å²) in [7, 11) is 5.74. The fraction of sp³-hybridized carbons (Fsp3) is 0.231. The number of imidazole rings is 1. The number of carbonyl (C=O) groups excluding carboxylic acids is 1. The topological polar surface area (TPSA) is 50.2 Å². The maximum Gasteiger partial charge on any atom is 0.273 e. The third-order valence-electron chi connectivity index (χ3n) is 2.69. The Morgan fingerprint density at radius 1 is 1.28 bits per heavy atom. The van der Waals surface area contributed by atoms with Crippen LogP contribution < -0.4 is 10.2 Å². The molecule has 0 aliphatic rings. The van der Waals surface area contributed by atoms with Crippen LogP contribution in [0.25, 0.3) is 0 Å². The standard InChI is InChI=1S/C13H16N4O/c1-16(2)11-6-4-10(5-7-11)15-13(18)12-8-14-9-17(12)3/h4-9H,1-3H3,(H,15,18). The van der Waals surface area contributed by atoms with E-state index < -0.39 is 0 Å². The molecule has 0 atom stereocenters. The van der Waals surface area contributed by atoms with Gasteiger partial charge in [0.05, 0.1) is 12.5 Å². The second-order valence-electron chi connectivity index (χ2n) is 4.29. The molecule has 1 heterocycles. The normalized spacial score (nSPS) is 10.2. The van der Waals surface area contributed by atoms with E-state index in [-0.39, 0.29) is 5.91 Å². The number of hydrogen-bond acceptors (Lipinski definition) is 3. The first-order valence-corrected chi connectivity index (χ1v) is 5.63. The number of hydrogen-bond donors (Lipinski definition) is 1. The van der Waals surface area contributed by atoms with Crippen LogP contribution in [0.5, 0.6) is 0 Å². The summed E-state index contributed by atoms with van der Waals surface area (Å²) in [6, 6.07) is 7.67. The lowest BCUT2D eigenvalue weighted by molar-refractivity contribution is 0.101. The third-order valence-corrected chi connectivity index (χ3v) is 2.69. The average molecular weight is 244 g/mol. The van der Waals surface area contributed by atoms with Gasteiger partial charge in [0.2, 0.25) is 0 Å². The van der Waals surface area contributed by atoms with Crippen molar-refractivity contribution in [3.05, 3.63) is 42.5 Å². The van der Waals surface area contributed by atoms with Gasteiger partial charge >= 0.3 is 0 Å². The summed E-state index contributed by atoms with van der Waals surface area (Å²) in [4.78, 5) is 17.9. The van der Waals surface area contributed by atoms with Gasteiger partial charge in [0.1, 0.15) is 5.69 Å². The molecular weight excluding hydrogens is 228 g/mol. The molecule has 0 unspecified atom stereocenters. The minimum absolute atomic E-state index is 0.160. The first kappa shape index (κ1) is 12.2. The smallest absolute Gasteiger partial charge is 0.273 e. The van der Waals surface area contributed by atoms with E-state index in [4.69, 9.17) is 0 Å². The van der Waals surface area contributed by atoms with Crippen molar-refractivity contribution in [3.63, 3.8) is 0 Å². The molecule has 0 saturated heterocycles. The molecular formula is C13H16N4O. The van der Waals surface area contributed by atoms with E-state index in [1.165, 1.54) is 0 Å². The van der Waals surface area contributed by atoms with Crippen molar-refractivity contribution in [1.82, 2.24) is 9.55 Å². The zero-order valence-electron chi connectivity index (χ0n) is 10.7. The van der Waals surface area contributed by atoms with Crippen LogP contribution in [-0.2, 0) is 7.05 Å². The molecule has 5 nitrogen and oxygen atoms in total. The predicted molar refractivity (Wildman–Crippen MR) is 71.9 cm³/mol. The van der Waals surface area contributed by atoms with Gasteiger partial charge in [0.15, 0.2) is 0 Å². The molecule has 1 aromatic heterocycles. The zero-order valence-corrected chi connectivity index (χ0v) is 10.7. The highest BCUT2D eigenvalue weighted by atomic mass is 16.1.